The van der Waals surface area contributed by atoms with E-state index in [4.69, 9.17) is 14.0 Å². The second-order valence-corrected chi connectivity index (χ2v) is 10.3. The minimum absolute atomic E-state index is 0.0385. The van der Waals surface area contributed by atoms with E-state index in [0.717, 1.165) is 0 Å². The summed E-state index contributed by atoms with van der Waals surface area (Å²) in [5.74, 6) is -0.320. The van der Waals surface area contributed by atoms with Gasteiger partial charge in [0.1, 0.15) is 11.4 Å². The lowest BCUT2D eigenvalue weighted by molar-refractivity contribution is 0.00578. The highest BCUT2D eigenvalue weighted by molar-refractivity contribution is 6.62. The summed E-state index contributed by atoms with van der Waals surface area (Å²) in [6.07, 6.45) is -0.328. The molecule has 0 aromatic heterocycles. The Balaban J connectivity index is 1.70. The van der Waals surface area contributed by atoms with Gasteiger partial charge >= 0.3 is 13.2 Å². The number of piperazine rings is 1. The number of halogens is 1. The molecule has 30 heavy (non-hydrogen) atoms. The standard InChI is InChI=1S/C22H34BFN2O4/c1-15-14-25(19(27)28-20(2,3)4)11-12-26(15)18-10-9-16(13-17(18)24)23-29-21(5,6)22(7,8)30-23/h9-10,13,15H,11-12,14H2,1-8H3/t15-/m0/s1. The van der Waals surface area contributed by atoms with E-state index in [9.17, 15) is 4.79 Å². The first kappa shape index (κ1) is 22.9. The van der Waals surface area contributed by atoms with Crippen molar-refractivity contribution in [1.29, 1.82) is 0 Å². The Hall–Kier alpha value is -1.80. The van der Waals surface area contributed by atoms with E-state index in [0.29, 0.717) is 30.8 Å². The minimum atomic E-state index is -0.597. The largest absolute Gasteiger partial charge is 0.494 e. The highest BCUT2D eigenvalue weighted by Crippen LogP contribution is 2.36. The maximum atomic E-state index is 15.1. The third-order valence-corrected chi connectivity index (χ3v) is 6.09. The zero-order valence-corrected chi connectivity index (χ0v) is 19.4. The van der Waals surface area contributed by atoms with Crippen molar-refractivity contribution in [3.63, 3.8) is 0 Å². The summed E-state index contributed by atoms with van der Waals surface area (Å²) < 4.78 is 32.6. The van der Waals surface area contributed by atoms with Crippen LogP contribution in [0.3, 0.4) is 0 Å². The van der Waals surface area contributed by atoms with Crippen molar-refractivity contribution in [3.8, 4) is 0 Å². The quantitative estimate of drug-likeness (QED) is 0.685. The van der Waals surface area contributed by atoms with Crippen LogP contribution in [0.4, 0.5) is 14.9 Å². The molecule has 0 spiro atoms. The predicted octanol–water partition coefficient (Wildman–Crippen LogP) is 3.57. The number of nitrogens with zero attached hydrogens (tertiary/aromatic N) is 2. The molecule has 8 heteroatoms. The molecule has 1 aromatic rings. The van der Waals surface area contributed by atoms with Gasteiger partial charge in [-0.25, -0.2) is 9.18 Å². The Morgan fingerprint density at radius 3 is 2.27 bits per heavy atom. The van der Waals surface area contributed by atoms with Crippen molar-refractivity contribution in [2.24, 2.45) is 0 Å². The van der Waals surface area contributed by atoms with Crippen LogP contribution in [0.5, 0.6) is 0 Å². The monoisotopic (exact) mass is 420 g/mol. The van der Waals surface area contributed by atoms with Gasteiger partial charge in [-0.2, -0.15) is 0 Å². The Morgan fingerprint density at radius 1 is 1.17 bits per heavy atom. The zero-order valence-electron chi connectivity index (χ0n) is 19.4. The Morgan fingerprint density at radius 2 is 1.77 bits per heavy atom. The Labute approximate surface area is 179 Å². The number of carbonyl (C=O) groups is 1. The topological polar surface area (TPSA) is 51.2 Å². The van der Waals surface area contributed by atoms with Crippen LogP contribution in [0.25, 0.3) is 0 Å². The van der Waals surface area contributed by atoms with Gasteiger partial charge < -0.3 is 23.8 Å². The number of ether oxygens (including phenoxy) is 1. The second-order valence-electron chi connectivity index (χ2n) is 10.3. The highest BCUT2D eigenvalue weighted by atomic mass is 19.1. The SMILES string of the molecule is C[C@H]1CN(C(=O)OC(C)(C)C)CCN1c1ccc(B2OC(C)(C)C(C)(C)O2)cc1F. The lowest BCUT2D eigenvalue weighted by Crippen LogP contribution is -2.55. The molecule has 6 nitrogen and oxygen atoms in total. The molecule has 0 radical (unpaired) electrons. The van der Waals surface area contributed by atoms with Crippen molar-refractivity contribution in [3.05, 3.63) is 24.0 Å². The molecule has 0 N–H and O–H groups in total. The third kappa shape index (κ3) is 4.59. The molecule has 1 atom stereocenters. The van der Waals surface area contributed by atoms with Crippen LogP contribution in [0.15, 0.2) is 18.2 Å². The smallest absolute Gasteiger partial charge is 0.444 e. The summed E-state index contributed by atoms with van der Waals surface area (Å²) in [6, 6.07) is 5.08. The van der Waals surface area contributed by atoms with Gasteiger partial charge in [0, 0.05) is 25.7 Å². The summed E-state index contributed by atoms with van der Waals surface area (Å²) in [4.78, 5) is 16.0. The van der Waals surface area contributed by atoms with Crippen molar-refractivity contribution >= 4 is 24.4 Å². The van der Waals surface area contributed by atoms with E-state index >= 15 is 4.39 Å². The number of amides is 1. The fourth-order valence-electron chi connectivity index (χ4n) is 3.69. The van der Waals surface area contributed by atoms with Crippen molar-refractivity contribution in [2.45, 2.75) is 78.2 Å². The van der Waals surface area contributed by atoms with Crippen molar-refractivity contribution in [1.82, 2.24) is 4.90 Å². The first-order valence-electron chi connectivity index (χ1n) is 10.6. The lowest BCUT2D eigenvalue weighted by atomic mass is 9.79. The minimum Gasteiger partial charge on any atom is -0.444 e. The van der Waals surface area contributed by atoms with E-state index < -0.39 is 23.9 Å². The zero-order chi connectivity index (χ0) is 22.5. The van der Waals surface area contributed by atoms with Gasteiger partial charge in [0.05, 0.1) is 16.9 Å². The summed E-state index contributed by atoms with van der Waals surface area (Å²) in [5, 5.41) is 0. The summed E-state index contributed by atoms with van der Waals surface area (Å²) in [5.41, 5.74) is -0.299. The van der Waals surface area contributed by atoms with E-state index in [1.807, 2.05) is 66.4 Å². The number of hydrogen-bond donors (Lipinski definition) is 0. The average molecular weight is 420 g/mol. The molecule has 2 aliphatic heterocycles. The van der Waals surface area contributed by atoms with Gasteiger partial charge in [0.2, 0.25) is 0 Å². The van der Waals surface area contributed by atoms with Crippen molar-refractivity contribution in [2.75, 3.05) is 24.5 Å². The van der Waals surface area contributed by atoms with Crippen LogP contribution >= 0.6 is 0 Å². The van der Waals surface area contributed by atoms with Crippen LogP contribution in [-0.2, 0) is 14.0 Å². The molecular weight excluding hydrogens is 386 g/mol. The number of anilines is 1. The predicted molar refractivity (Wildman–Crippen MR) is 117 cm³/mol. The Kier molecular flexibility index (Phi) is 5.88. The first-order valence-corrected chi connectivity index (χ1v) is 10.6. The van der Waals surface area contributed by atoms with Gasteiger partial charge in [-0.05, 0) is 73.0 Å². The molecule has 2 saturated heterocycles. The van der Waals surface area contributed by atoms with Gasteiger partial charge in [0.25, 0.3) is 0 Å². The van der Waals surface area contributed by atoms with Crippen molar-refractivity contribution < 1.29 is 23.2 Å². The number of rotatable bonds is 2. The summed E-state index contributed by atoms with van der Waals surface area (Å²) in [6.45, 7) is 16.9. The number of carbonyl (C=O) groups excluding carboxylic acids is 1. The molecule has 166 valence electrons. The van der Waals surface area contributed by atoms with Crippen LogP contribution in [0, 0.1) is 5.82 Å². The van der Waals surface area contributed by atoms with Crippen LogP contribution in [0.1, 0.15) is 55.4 Å². The van der Waals surface area contributed by atoms with E-state index in [1.165, 1.54) is 6.07 Å². The maximum absolute atomic E-state index is 15.1. The van der Waals surface area contributed by atoms with E-state index in [1.54, 1.807) is 11.0 Å². The fraction of sp³-hybridized carbons (Fsp3) is 0.682. The molecule has 0 unspecified atom stereocenters. The van der Waals surface area contributed by atoms with Crippen LogP contribution < -0.4 is 10.4 Å². The molecular formula is C22H34BFN2O4. The fourth-order valence-corrected chi connectivity index (χ4v) is 3.69. The van der Waals surface area contributed by atoms with Gasteiger partial charge in [-0.1, -0.05) is 6.07 Å². The van der Waals surface area contributed by atoms with Gasteiger partial charge in [-0.15, -0.1) is 0 Å². The molecule has 0 saturated carbocycles. The molecule has 1 amide bonds. The third-order valence-electron chi connectivity index (χ3n) is 6.09. The number of benzene rings is 1. The lowest BCUT2D eigenvalue weighted by Gasteiger charge is -2.41. The molecule has 2 fully saturated rings. The molecule has 2 heterocycles. The van der Waals surface area contributed by atoms with E-state index in [-0.39, 0.29) is 18.0 Å². The Bertz CT molecular complexity index is 793. The second kappa shape index (κ2) is 7.72. The van der Waals surface area contributed by atoms with Gasteiger partial charge in [0.15, 0.2) is 0 Å². The molecule has 0 aliphatic carbocycles. The summed E-state index contributed by atoms with van der Waals surface area (Å²) in [7, 11) is -0.597. The maximum Gasteiger partial charge on any atom is 0.494 e. The van der Waals surface area contributed by atoms with Gasteiger partial charge in [-0.3, -0.25) is 0 Å². The highest BCUT2D eigenvalue weighted by Gasteiger charge is 2.51. The molecule has 2 aliphatic rings. The normalized spacial score (nSPS) is 23.6. The first-order chi connectivity index (χ1) is 13.7. The molecule has 3 rings (SSSR count). The molecule has 1 aromatic carbocycles. The number of hydrogen-bond acceptors (Lipinski definition) is 5. The molecule has 0 bridgehead atoms. The van der Waals surface area contributed by atoms with E-state index in [2.05, 4.69) is 0 Å². The average Bonchev–Trinajstić information content (AvgIpc) is 2.81. The summed E-state index contributed by atoms with van der Waals surface area (Å²) >= 11 is 0. The van der Waals surface area contributed by atoms with Crippen LogP contribution in [0.2, 0.25) is 0 Å². The van der Waals surface area contributed by atoms with Crippen LogP contribution in [-0.4, -0.2) is 60.6 Å².